The summed E-state index contributed by atoms with van der Waals surface area (Å²) in [6.45, 7) is 5.20. The molecule has 0 bridgehead atoms. The lowest BCUT2D eigenvalue weighted by Gasteiger charge is -2.20. The molecule has 2 heterocycles. The van der Waals surface area contributed by atoms with Gasteiger partial charge in [0.25, 0.3) is 0 Å². The van der Waals surface area contributed by atoms with Crippen molar-refractivity contribution in [2.45, 2.75) is 19.5 Å². The maximum atomic E-state index is 5.76. The molecule has 0 N–H and O–H groups in total. The molecule has 1 aliphatic rings. The van der Waals surface area contributed by atoms with Crippen molar-refractivity contribution in [1.29, 1.82) is 0 Å². The van der Waals surface area contributed by atoms with Crippen LogP contribution in [0.25, 0.3) is 11.5 Å². The van der Waals surface area contributed by atoms with E-state index >= 15 is 0 Å². The molecule has 158 valence electrons. The van der Waals surface area contributed by atoms with E-state index in [0.717, 1.165) is 47.7 Å². The number of methoxy groups -OCH3 is 1. The molecule has 0 saturated carbocycles. The summed E-state index contributed by atoms with van der Waals surface area (Å²) in [6.07, 6.45) is 3.00. The predicted molar refractivity (Wildman–Crippen MR) is 122 cm³/mol. The molecule has 0 spiro atoms. The molecule has 1 aromatic heterocycles. The molecule has 6 heteroatoms. The van der Waals surface area contributed by atoms with E-state index in [9.17, 15) is 0 Å². The molecule has 0 aliphatic carbocycles. The SMILES string of the molecule is COc1ccc(Br)cc1-c1nc(CN(C)C[C@@H]2CCN(Cc3ccccc3)C2)co1. The highest BCUT2D eigenvalue weighted by molar-refractivity contribution is 9.10. The van der Waals surface area contributed by atoms with Gasteiger partial charge in [0.05, 0.1) is 18.4 Å². The van der Waals surface area contributed by atoms with Gasteiger partial charge in [0.2, 0.25) is 5.89 Å². The first kappa shape index (κ1) is 21.1. The van der Waals surface area contributed by atoms with Gasteiger partial charge < -0.3 is 14.1 Å². The van der Waals surface area contributed by atoms with E-state index in [0.29, 0.717) is 11.8 Å². The van der Waals surface area contributed by atoms with Crippen molar-refractivity contribution in [3.8, 4) is 17.2 Å². The zero-order chi connectivity index (χ0) is 20.9. The van der Waals surface area contributed by atoms with Gasteiger partial charge in [-0.15, -0.1) is 0 Å². The summed E-state index contributed by atoms with van der Waals surface area (Å²) in [5.41, 5.74) is 3.19. The van der Waals surface area contributed by atoms with Crippen LogP contribution in [-0.2, 0) is 13.1 Å². The van der Waals surface area contributed by atoms with Gasteiger partial charge in [-0.05, 0) is 49.7 Å². The fraction of sp³-hybridized carbons (Fsp3) is 0.375. The van der Waals surface area contributed by atoms with Crippen LogP contribution in [0.3, 0.4) is 0 Å². The highest BCUT2D eigenvalue weighted by Gasteiger charge is 2.24. The Labute approximate surface area is 186 Å². The topological polar surface area (TPSA) is 41.7 Å². The van der Waals surface area contributed by atoms with Crippen LogP contribution in [0.4, 0.5) is 0 Å². The molecule has 1 saturated heterocycles. The minimum Gasteiger partial charge on any atom is -0.496 e. The van der Waals surface area contributed by atoms with Gasteiger partial charge in [-0.3, -0.25) is 4.90 Å². The molecular formula is C24H28BrN3O2. The third-order valence-corrected chi connectivity index (χ3v) is 6.06. The first-order valence-corrected chi connectivity index (χ1v) is 11.1. The van der Waals surface area contributed by atoms with Crippen molar-refractivity contribution in [2.75, 3.05) is 33.8 Å². The van der Waals surface area contributed by atoms with Crippen LogP contribution in [0.1, 0.15) is 17.7 Å². The van der Waals surface area contributed by atoms with Crippen molar-refractivity contribution >= 4 is 15.9 Å². The van der Waals surface area contributed by atoms with Crippen LogP contribution in [0.15, 0.2) is 63.7 Å². The third-order valence-electron chi connectivity index (χ3n) is 5.56. The average Bonchev–Trinajstić information content (AvgIpc) is 3.38. The van der Waals surface area contributed by atoms with E-state index in [2.05, 4.69) is 63.1 Å². The summed E-state index contributed by atoms with van der Waals surface area (Å²) in [7, 11) is 3.82. The quantitative estimate of drug-likeness (QED) is 0.460. The van der Waals surface area contributed by atoms with Crippen molar-refractivity contribution in [3.63, 3.8) is 0 Å². The second kappa shape index (κ2) is 9.77. The number of rotatable bonds is 8. The number of hydrogen-bond acceptors (Lipinski definition) is 5. The van der Waals surface area contributed by atoms with Crippen molar-refractivity contribution in [3.05, 3.63) is 70.5 Å². The largest absolute Gasteiger partial charge is 0.496 e. The molecule has 1 aliphatic heterocycles. The predicted octanol–water partition coefficient (Wildman–Crippen LogP) is 5.07. The third kappa shape index (κ3) is 5.31. The zero-order valence-electron chi connectivity index (χ0n) is 17.6. The monoisotopic (exact) mass is 469 g/mol. The molecule has 0 radical (unpaired) electrons. The molecule has 4 rings (SSSR count). The summed E-state index contributed by atoms with van der Waals surface area (Å²) in [6, 6.07) is 16.6. The number of halogens is 1. The maximum absolute atomic E-state index is 5.76. The van der Waals surface area contributed by atoms with E-state index in [-0.39, 0.29) is 0 Å². The van der Waals surface area contributed by atoms with E-state index in [1.165, 1.54) is 18.5 Å². The zero-order valence-corrected chi connectivity index (χ0v) is 19.1. The van der Waals surface area contributed by atoms with Gasteiger partial charge >= 0.3 is 0 Å². The molecule has 1 fully saturated rings. The molecule has 30 heavy (non-hydrogen) atoms. The van der Waals surface area contributed by atoms with Gasteiger partial charge in [-0.25, -0.2) is 4.98 Å². The standard InChI is InChI=1S/C24H28BrN3O2/c1-27(13-19-10-11-28(15-19)14-18-6-4-3-5-7-18)16-21-17-30-24(26-21)22-12-20(25)8-9-23(22)29-2/h3-9,12,17,19H,10-11,13-16H2,1-2H3/t19-/m0/s1. The van der Waals surface area contributed by atoms with Crippen molar-refractivity contribution in [1.82, 2.24) is 14.8 Å². The summed E-state index contributed by atoms with van der Waals surface area (Å²) in [5.74, 6) is 2.03. The van der Waals surface area contributed by atoms with E-state index < -0.39 is 0 Å². The smallest absolute Gasteiger partial charge is 0.229 e. The Bertz CT molecular complexity index is 960. The van der Waals surface area contributed by atoms with E-state index in [4.69, 9.17) is 14.1 Å². The minimum atomic E-state index is 0.589. The lowest BCUT2D eigenvalue weighted by atomic mass is 10.1. The fourth-order valence-corrected chi connectivity index (χ4v) is 4.54. The Morgan fingerprint density at radius 3 is 2.87 bits per heavy atom. The van der Waals surface area contributed by atoms with Crippen LogP contribution in [0.2, 0.25) is 0 Å². The van der Waals surface area contributed by atoms with Crippen molar-refractivity contribution in [2.24, 2.45) is 5.92 Å². The Morgan fingerprint density at radius 2 is 2.07 bits per heavy atom. The van der Waals surface area contributed by atoms with Crippen LogP contribution >= 0.6 is 15.9 Å². The highest BCUT2D eigenvalue weighted by atomic mass is 79.9. The average molecular weight is 470 g/mol. The number of ether oxygens (including phenoxy) is 1. The fourth-order valence-electron chi connectivity index (χ4n) is 4.18. The van der Waals surface area contributed by atoms with Crippen LogP contribution in [0.5, 0.6) is 5.75 Å². The molecule has 0 unspecified atom stereocenters. The number of likely N-dealkylation sites (tertiary alicyclic amines) is 1. The Kier molecular flexibility index (Phi) is 6.87. The lowest BCUT2D eigenvalue weighted by Crippen LogP contribution is -2.28. The van der Waals surface area contributed by atoms with Gasteiger partial charge in [0.1, 0.15) is 12.0 Å². The molecule has 0 amide bonds. The highest BCUT2D eigenvalue weighted by Crippen LogP contribution is 2.32. The second-order valence-corrected chi connectivity index (χ2v) is 8.98. The Hall–Kier alpha value is -2.15. The van der Waals surface area contributed by atoms with Gasteiger partial charge in [-0.2, -0.15) is 0 Å². The minimum absolute atomic E-state index is 0.589. The molecule has 1 atom stereocenters. The Balaban J connectivity index is 1.31. The van der Waals surface area contributed by atoms with Crippen LogP contribution in [0, 0.1) is 5.92 Å². The lowest BCUT2D eigenvalue weighted by molar-refractivity contribution is 0.253. The summed E-state index contributed by atoms with van der Waals surface area (Å²) >= 11 is 3.51. The van der Waals surface area contributed by atoms with Gasteiger partial charge in [0, 0.05) is 30.7 Å². The number of hydrogen-bond donors (Lipinski definition) is 0. The van der Waals surface area contributed by atoms with Crippen LogP contribution < -0.4 is 4.74 Å². The number of benzene rings is 2. The van der Waals surface area contributed by atoms with E-state index in [1.54, 1.807) is 13.4 Å². The van der Waals surface area contributed by atoms with Crippen molar-refractivity contribution < 1.29 is 9.15 Å². The maximum Gasteiger partial charge on any atom is 0.229 e. The molecular weight excluding hydrogens is 442 g/mol. The normalized spacial score (nSPS) is 17.0. The number of oxazole rings is 1. The number of aromatic nitrogens is 1. The molecule has 5 nitrogen and oxygen atoms in total. The van der Waals surface area contributed by atoms with Crippen LogP contribution in [-0.4, -0.2) is 48.6 Å². The van der Waals surface area contributed by atoms with E-state index in [1.807, 2.05) is 18.2 Å². The molecule has 3 aromatic rings. The summed E-state index contributed by atoms with van der Waals surface area (Å²) in [5, 5.41) is 0. The first-order chi connectivity index (χ1) is 14.6. The van der Waals surface area contributed by atoms with Gasteiger partial charge in [0.15, 0.2) is 0 Å². The summed E-state index contributed by atoms with van der Waals surface area (Å²) < 4.78 is 12.2. The number of nitrogens with zero attached hydrogens (tertiary/aromatic N) is 3. The Morgan fingerprint density at radius 1 is 1.23 bits per heavy atom. The first-order valence-electron chi connectivity index (χ1n) is 10.3. The summed E-state index contributed by atoms with van der Waals surface area (Å²) in [4.78, 5) is 9.60. The van der Waals surface area contributed by atoms with Gasteiger partial charge in [-0.1, -0.05) is 46.3 Å². The molecule has 2 aromatic carbocycles. The second-order valence-electron chi connectivity index (χ2n) is 8.06.